The Balaban J connectivity index is 5.01. The Morgan fingerprint density at radius 3 is 1.31 bits per heavy atom. The zero-order chi connectivity index (χ0) is 58.6. The summed E-state index contributed by atoms with van der Waals surface area (Å²) in [4.78, 5) is 37.8. The van der Waals surface area contributed by atoms with Gasteiger partial charge in [-0.1, -0.05) is 287 Å². The van der Waals surface area contributed by atoms with Crippen LogP contribution < -0.4 is 5.32 Å². The molecule has 2 N–H and O–H groups in total. The zero-order valence-electron chi connectivity index (χ0n) is 53.3. The first-order valence-electron chi connectivity index (χ1n) is 33.8. The maximum Gasteiger partial charge on any atom is 0.472 e. The third kappa shape index (κ3) is 60.1. The third-order valence-corrected chi connectivity index (χ3v) is 15.9. The highest BCUT2D eigenvalue weighted by atomic mass is 31.2. The third-order valence-electron chi connectivity index (χ3n) is 14.9. The molecule has 9 nitrogen and oxygen atoms in total. The van der Waals surface area contributed by atoms with Crippen LogP contribution in [0.2, 0.25) is 0 Å². The molecule has 0 bridgehead atoms. The maximum atomic E-state index is 13.6. The van der Waals surface area contributed by atoms with Gasteiger partial charge in [0.2, 0.25) is 5.91 Å². The molecule has 0 rings (SSSR count). The molecule has 3 atom stereocenters. The summed E-state index contributed by atoms with van der Waals surface area (Å²) in [6.07, 6.45) is 77.7. The standard InChI is InChI=1S/C70H129N2O7P/c1-7-10-13-16-19-22-25-28-30-31-32-33-34-35-36-37-38-39-40-41-43-44-47-50-53-56-59-62-69(73)71-67(66-78-80(75,76)77-65-64-72(4,5)6)68(61-58-55-52-49-46-27-24-21-18-15-12-9-3)79-70(74)63-60-57-54-51-48-45-42-29-26-23-20-17-14-11-8-2/h11,14,17,19-20,22-23,26,28,30,58,61,67-68H,7-10,12-13,15-16,18,21,24-25,27,29,31-57,59-60,62-66H2,1-6H3,(H-,71,73,75,76)/p+1/b14-11+,20-17+,22-19-,26-23+,30-28-,61-58-. The second kappa shape index (κ2) is 59.6. The van der Waals surface area contributed by atoms with Crippen LogP contribution in [0.15, 0.2) is 72.9 Å². The average molecular weight is 1140 g/mol. The summed E-state index contributed by atoms with van der Waals surface area (Å²) in [5.74, 6) is -0.511. The number of phosphoric ester groups is 1. The Kier molecular flexibility index (Phi) is 57.7. The monoisotopic (exact) mass is 1140 g/mol. The van der Waals surface area contributed by atoms with Crippen LogP contribution in [-0.4, -0.2) is 74.3 Å². The van der Waals surface area contributed by atoms with E-state index < -0.39 is 20.0 Å². The number of likely N-dealkylation sites (N-methyl/N-ethyl adjacent to an activating group) is 1. The molecule has 0 aromatic carbocycles. The van der Waals surface area contributed by atoms with Crippen LogP contribution >= 0.6 is 7.82 Å². The fourth-order valence-electron chi connectivity index (χ4n) is 9.74. The molecule has 1 amide bonds. The summed E-state index contributed by atoms with van der Waals surface area (Å²) >= 11 is 0. The van der Waals surface area contributed by atoms with Gasteiger partial charge in [-0.2, -0.15) is 0 Å². The second-order valence-corrected chi connectivity index (χ2v) is 25.5. The maximum absolute atomic E-state index is 13.6. The number of phosphoric acid groups is 1. The number of carbonyl (C=O) groups is 2. The summed E-state index contributed by atoms with van der Waals surface area (Å²) < 4.78 is 30.7. The number of carbonyl (C=O) groups excluding carboxylic acids is 2. The molecule has 466 valence electrons. The van der Waals surface area contributed by atoms with Gasteiger partial charge in [0.1, 0.15) is 19.3 Å². The minimum Gasteiger partial charge on any atom is -0.456 e. The van der Waals surface area contributed by atoms with Crippen LogP contribution in [0, 0.1) is 0 Å². The number of esters is 1. The van der Waals surface area contributed by atoms with E-state index in [-0.39, 0.29) is 31.5 Å². The molecule has 0 heterocycles. The van der Waals surface area contributed by atoms with Crippen molar-refractivity contribution >= 4 is 19.7 Å². The van der Waals surface area contributed by atoms with Crippen molar-refractivity contribution in [1.29, 1.82) is 0 Å². The van der Waals surface area contributed by atoms with E-state index in [9.17, 15) is 19.0 Å². The number of hydrogen-bond donors (Lipinski definition) is 2. The minimum absolute atomic E-state index is 0.0371. The molecule has 0 aliphatic carbocycles. The summed E-state index contributed by atoms with van der Waals surface area (Å²) in [6.45, 7) is 6.87. The number of nitrogens with one attached hydrogen (secondary N) is 1. The Hall–Kier alpha value is -2.55. The van der Waals surface area contributed by atoms with E-state index >= 15 is 0 Å². The largest absolute Gasteiger partial charge is 0.472 e. The molecular formula is C70H130N2O7P+. The second-order valence-electron chi connectivity index (χ2n) is 24.0. The van der Waals surface area contributed by atoms with Gasteiger partial charge in [0.05, 0.1) is 33.8 Å². The van der Waals surface area contributed by atoms with Crippen LogP contribution in [0.4, 0.5) is 0 Å². The fraction of sp³-hybridized carbons (Fsp3) is 0.800. The summed E-state index contributed by atoms with van der Waals surface area (Å²) in [5, 5.41) is 3.06. The lowest BCUT2D eigenvalue weighted by Gasteiger charge is -2.27. The smallest absolute Gasteiger partial charge is 0.456 e. The summed E-state index contributed by atoms with van der Waals surface area (Å²) in [6, 6.07) is -0.855. The van der Waals surface area contributed by atoms with Crippen molar-refractivity contribution in [3.05, 3.63) is 72.9 Å². The zero-order valence-corrected chi connectivity index (χ0v) is 54.2. The Bertz CT molecular complexity index is 1600. The van der Waals surface area contributed by atoms with Crippen molar-refractivity contribution in [3.63, 3.8) is 0 Å². The van der Waals surface area contributed by atoms with Crippen molar-refractivity contribution in [1.82, 2.24) is 5.32 Å². The molecule has 0 radical (unpaired) electrons. The van der Waals surface area contributed by atoms with Crippen molar-refractivity contribution in [2.75, 3.05) is 40.9 Å². The van der Waals surface area contributed by atoms with E-state index in [2.05, 4.69) is 86.8 Å². The number of ether oxygens (including phenoxy) is 1. The van der Waals surface area contributed by atoms with E-state index in [0.29, 0.717) is 17.4 Å². The number of nitrogens with zero attached hydrogens (tertiary/aromatic N) is 1. The van der Waals surface area contributed by atoms with E-state index in [0.717, 1.165) is 83.5 Å². The first kappa shape index (κ1) is 77.5. The molecule has 0 aliphatic heterocycles. The van der Waals surface area contributed by atoms with Gasteiger partial charge >= 0.3 is 13.8 Å². The molecular weight excluding hydrogens is 1010 g/mol. The van der Waals surface area contributed by atoms with Gasteiger partial charge in [0, 0.05) is 12.8 Å². The average Bonchev–Trinajstić information content (AvgIpc) is 3.43. The highest BCUT2D eigenvalue weighted by Gasteiger charge is 2.30. The van der Waals surface area contributed by atoms with Crippen molar-refractivity contribution in [2.45, 2.75) is 322 Å². The molecule has 0 saturated carbocycles. The summed E-state index contributed by atoms with van der Waals surface area (Å²) in [5.41, 5.74) is 0. The molecule has 0 aliphatic rings. The number of quaternary nitrogens is 1. The summed E-state index contributed by atoms with van der Waals surface area (Å²) in [7, 11) is 1.49. The molecule has 0 spiro atoms. The predicted molar refractivity (Wildman–Crippen MR) is 346 cm³/mol. The van der Waals surface area contributed by atoms with E-state index in [1.807, 2.05) is 33.3 Å². The Labute approximate surface area is 495 Å². The first-order valence-corrected chi connectivity index (χ1v) is 35.3. The first-order chi connectivity index (χ1) is 38.9. The van der Waals surface area contributed by atoms with Gasteiger partial charge in [-0.05, 0) is 83.1 Å². The molecule has 0 aromatic heterocycles. The van der Waals surface area contributed by atoms with E-state index in [4.69, 9.17) is 13.8 Å². The van der Waals surface area contributed by atoms with Crippen molar-refractivity contribution in [2.24, 2.45) is 0 Å². The van der Waals surface area contributed by atoms with Crippen molar-refractivity contribution < 1.29 is 37.3 Å². The lowest BCUT2D eigenvalue weighted by Crippen LogP contribution is -2.47. The van der Waals surface area contributed by atoms with Gasteiger partial charge in [-0.25, -0.2) is 4.57 Å². The van der Waals surface area contributed by atoms with Gasteiger partial charge in [0.25, 0.3) is 0 Å². The Morgan fingerprint density at radius 2 is 0.850 bits per heavy atom. The molecule has 0 saturated heterocycles. The fourth-order valence-corrected chi connectivity index (χ4v) is 10.5. The van der Waals surface area contributed by atoms with Gasteiger partial charge in [-0.15, -0.1) is 0 Å². The lowest BCUT2D eigenvalue weighted by atomic mass is 10.0. The minimum atomic E-state index is -4.45. The molecule has 3 unspecified atom stereocenters. The van der Waals surface area contributed by atoms with Crippen LogP contribution in [-0.2, 0) is 27.9 Å². The van der Waals surface area contributed by atoms with E-state index in [1.165, 1.54) is 193 Å². The number of hydrogen-bond acceptors (Lipinski definition) is 6. The number of rotatable bonds is 61. The number of allylic oxidation sites excluding steroid dienone is 11. The number of amides is 1. The van der Waals surface area contributed by atoms with Crippen molar-refractivity contribution in [3.8, 4) is 0 Å². The highest BCUT2D eigenvalue weighted by molar-refractivity contribution is 7.47. The van der Waals surface area contributed by atoms with Crippen LogP contribution in [0.5, 0.6) is 0 Å². The molecule has 0 aromatic rings. The SMILES string of the molecule is CC/C=C/C=C/C=C/CCCCCCCCCC(=O)OC(/C=C\CCCCCCCCCCCC)C(COP(=O)(O)OCC[N+](C)(C)C)NC(=O)CCCCCCCCCCCCCCCCCCC/C=C\C/C=C\CCCCC. The van der Waals surface area contributed by atoms with Gasteiger partial charge in [-0.3, -0.25) is 18.6 Å². The molecule has 10 heteroatoms. The Morgan fingerprint density at radius 1 is 0.463 bits per heavy atom. The highest BCUT2D eigenvalue weighted by Crippen LogP contribution is 2.43. The van der Waals surface area contributed by atoms with E-state index in [1.54, 1.807) is 0 Å². The van der Waals surface area contributed by atoms with Gasteiger partial charge < -0.3 is 19.4 Å². The van der Waals surface area contributed by atoms with Crippen LogP contribution in [0.3, 0.4) is 0 Å². The number of unbranched alkanes of at least 4 members (excludes halogenated alkanes) is 37. The normalized spacial score (nSPS) is 14.0. The lowest BCUT2D eigenvalue weighted by molar-refractivity contribution is -0.870. The topological polar surface area (TPSA) is 111 Å². The van der Waals surface area contributed by atoms with Crippen LogP contribution in [0.1, 0.15) is 310 Å². The predicted octanol–water partition coefficient (Wildman–Crippen LogP) is 21.2. The van der Waals surface area contributed by atoms with Gasteiger partial charge in [0.15, 0.2) is 0 Å². The molecule has 0 fully saturated rings. The van der Waals surface area contributed by atoms with Crippen LogP contribution in [0.25, 0.3) is 0 Å². The quantitative estimate of drug-likeness (QED) is 0.0156. The molecule has 80 heavy (non-hydrogen) atoms.